The Hall–Kier alpha value is -2.46. The second-order valence-corrected chi connectivity index (χ2v) is 12.3. The predicted octanol–water partition coefficient (Wildman–Crippen LogP) is 4.52. The van der Waals surface area contributed by atoms with Gasteiger partial charge in [-0.3, -0.25) is 5.10 Å². The van der Waals surface area contributed by atoms with Gasteiger partial charge >= 0.3 is 6.18 Å². The molecule has 0 amide bonds. The van der Waals surface area contributed by atoms with E-state index >= 15 is 0 Å². The predicted molar refractivity (Wildman–Crippen MR) is 136 cm³/mol. The topological polar surface area (TPSA) is 81.6 Å². The monoisotopic (exact) mass is 527 g/mol. The van der Waals surface area contributed by atoms with E-state index in [2.05, 4.69) is 16.3 Å². The van der Waals surface area contributed by atoms with Gasteiger partial charge in [-0.2, -0.15) is 18.3 Å². The lowest BCUT2D eigenvalue weighted by Gasteiger charge is -2.57. The van der Waals surface area contributed by atoms with Crippen LogP contribution >= 0.6 is 0 Å². The summed E-state index contributed by atoms with van der Waals surface area (Å²) in [4.78, 5) is 1.87. The average molecular weight is 528 g/mol. The molecule has 1 aromatic carbocycles. The second-order valence-electron chi connectivity index (χ2n) is 12.3. The summed E-state index contributed by atoms with van der Waals surface area (Å²) < 4.78 is 51.4. The number of aliphatic hydroxyl groups excluding tert-OH is 2. The number of ether oxygens (including phenoxy) is 1. The summed E-state index contributed by atoms with van der Waals surface area (Å²) in [7, 11) is 3.68. The number of aliphatic hydroxyl groups is 2. The highest BCUT2D eigenvalue weighted by Gasteiger charge is 2.69. The van der Waals surface area contributed by atoms with Gasteiger partial charge in [0.05, 0.1) is 29.0 Å². The van der Waals surface area contributed by atoms with Crippen LogP contribution in [0.2, 0.25) is 0 Å². The summed E-state index contributed by atoms with van der Waals surface area (Å²) in [5, 5.41) is 29.9. The molecular formula is C29H32F3N3O3. The molecule has 3 aliphatic carbocycles. The molecule has 1 saturated carbocycles. The van der Waals surface area contributed by atoms with Crippen molar-refractivity contribution in [2.45, 2.75) is 74.7 Å². The molecular weight excluding hydrogens is 495 g/mol. The zero-order valence-corrected chi connectivity index (χ0v) is 21.6. The molecule has 2 spiro atoms. The Balaban J connectivity index is 1.40. The summed E-state index contributed by atoms with van der Waals surface area (Å²) in [6.07, 6.45) is 0.333. The number of aromatic nitrogens is 2. The Morgan fingerprint density at radius 3 is 2.71 bits per heavy atom. The van der Waals surface area contributed by atoms with Crippen LogP contribution < -0.4 is 0 Å². The van der Waals surface area contributed by atoms with E-state index < -0.39 is 40.6 Å². The minimum atomic E-state index is -4.55. The Morgan fingerprint density at radius 2 is 1.97 bits per heavy atom. The minimum Gasteiger partial charge on any atom is -0.388 e. The molecule has 3 N–H and O–H groups in total. The molecule has 7 unspecified atom stereocenters. The van der Waals surface area contributed by atoms with Gasteiger partial charge < -0.3 is 19.8 Å². The standard InChI is InChI=1S/C29H32F3N3O3/c1-26-12-20(29(30,31)32)18-11-19-24(36)25(37)22(35(2)3)13-27(19)8-9-28(18,38-27)23(26)7-5-17(26)15-4-6-21-16(10-15)14-33-34-21/h4-6,10-11,14,22-25,36-37H,7-9,12-13H2,1-3H3,(H,33,34). The van der Waals surface area contributed by atoms with Crippen LogP contribution in [0, 0.1) is 11.3 Å². The molecule has 2 aliphatic heterocycles. The average Bonchev–Trinajstić information content (AvgIpc) is 3.54. The highest BCUT2D eigenvalue weighted by Crippen LogP contribution is 2.70. The van der Waals surface area contributed by atoms with Gasteiger partial charge in [0.2, 0.25) is 0 Å². The van der Waals surface area contributed by atoms with Crippen LogP contribution in [0.3, 0.4) is 0 Å². The van der Waals surface area contributed by atoms with Gasteiger partial charge in [-0.25, -0.2) is 0 Å². The first-order valence-corrected chi connectivity index (χ1v) is 13.3. The van der Waals surface area contributed by atoms with Crippen molar-refractivity contribution < 1.29 is 28.1 Å². The number of nitrogens with zero attached hydrogens (tertiary/aromatic N) is 2. The number of fused-ring (bicyclic) bond motifs is 2. The van der Waals surface area contributed by atoms with Crippen LogP contribution in [-0.4, -0.2) is 75.0 Å². The van der Waals surface area contributed by atoms with E-state index in [0.29, 0.717) is 31.3 Å². The molecule has 2 fully saturated rings. The van der Waals surface area contributed by atoms with Gasteiger partial charge in [-0.15, -0.1) is 0 Å². The summed E-state index contributed by atoms with van der Waals surface area (Å²) in [6.45, 7) is 1.96. The number of halogens is 3. The van der Waals surface area contributed by atoms with Gasteiger partial charge in [0, 0.05) is 28.3 Å². The highest BCUT2D eigenvalue weighted by atomic mass is 19.4. The number of alkyl halides is 3. The van der Waals surface area contributed by atoms with E-state index in [1.54, 1.807) is 12.3 Å². The fraction of sp³-hybridized carbons (Fsp3) is 0.552. The number of likely N-dealkylation sites (N-methyl/N-ethyl adjacent to an activating group) is 1. The molecule has 0 radical (unpaired) electrons. The van der Waals surface area contributed by atoms with E-state index in [-0.39, 0.29) is 24.0 Å². The van der Waals surface area contributed by atoms with Crippen LogP contribution in [0.4, 0.5) is 13.2 Å². The maximum absolute atomic E-state index is 14.8. The van der Waals surface area contributed by atoms with Gasteiger partial charge in [0.25, 0.3) is 0 Å². The van der Waals surface area contributed by atoms with Crippen molar-refractivity contribution in [3.63, 3.8) is 0 Å². The van der Waals surface area contributed by atoms with E-state index in [9.17, 15) is 23.4 Å². The van der Waals surface area contributed by atoms with E-state index in [1.165, 1.54) is 0 Å². The van der Waals surface area contributed by atoms with Crippen LogP contribution in [0.15, 0.2) is 53.3 Å². The first-order chi connectivity index (χ1) is 17.9. The zero-order chi connectivity index (χ0) is 26.8. The van der Waals surface area contributed by atoms with Gasteiger partial charge in [0.1, 0.15) is 6.10 Å². The number of hydrogen-bond acceptors (Lipinski definition) is 5. The number of H-pyrrole nitrogens is 1. The molecule has 9 heteroatoms. The maximum atomic E-state index is 14.8. The molecule has 5 aliphatic rings. The summed E-state index contributed by atoms with van der Waals surface area (Å²) in [5.74, 6) is -0.176. The summed E-state index contributed by atoms with van der Waals surface area (Å²) in [6, 6.07) is 5.52. The van der Waals surface area contributed by atoms with Crippen molar-refractivity contribution in [1.29, 1.82) is 0 Å². The van der Waals surface area contributed by atoms with E-state index in [1.807, 2.05) is 44.1 Å². The third kappa shape index (κ3) is 3.01. The molecule has 6 nitrogen and oxygen atoms in total. The molecule has 7 atom stereocenters. The fourth-order valence-electron chi connectivity index (χ4n) is 8.49. The molecule has 38 heavy (non-hydrogen) atoms. The smallest absolute Gasteiger partial charge is 0.388 e. The van der Waals surface area contributed by atoms with E-state index in [0.717, 1.165) is 22.0 Å². The second kappa shape index (κ2) is 7.59. The first-order valence-electron chi connectivity index (χ1n) is 13.3. The summed E-state index contributed by atoms with van der Waals surface area (Å²) in [5.41, 5.74) is -0.0709. The fourth-order valence-corrected chi connectivity index (χ4v) is 8.49. The summed E-state index contributed by atoms with van der Waals surface area (Å²) >= 11 is 0. The van der Waals surface area contributed by atoms with Crippen LogP contribution in [0.1, 0.15) is 44.6 Å². The van der Waals surface area contributed by atoms with Crippen molar-refractivity contribution >= 4 is 16.5 Å². The molecule has 2 aromatic rings. The largest absolute Gasteiger partial charge is 0.413 e. The SMILES string of the molecule is CN(C)C1CC23CCC4(O2)C(=C(C(F)(F)F)CC2(C)C(c5ccc6[nH]ncc6c5)=CCC24)C=C3C(O)C1O. The Kier molecular flexibility index (Phi) is 4.91. The Labute approximate surface area is 218 Å². The van der Waals surface area contributed by atoms with E-state index in [4.69, 9.17) is 4.74 Å². The molecule has 2 bridgehead atoms. The molecule has 3 heterocycles. The van der Waals surface area contributed by atoms with Crippen molar-refractivity contribution in [1.82, 2.24) is 15.1 Å². The molecule has 1 aromatic heterocycles. The van der Waals surface area contributed by atoms with Crippen LogP contribution in [0.5, 0.6) is 0 Å². The van der Waals surface area contributed by atoms with Crippen LogP contribution in [-0.2, 0) is 4.74 Å². The Morgan fingerprint density at radius 1 is 1.18 bits per heavy atom. The quantitative estimate of drug-likeness (QED) is 0.535. The lowest BCUT2D eigenvalue weighted by atomic mass is 9.56. The Bertz CT molecular complexity index is 1440. The highest BCUT2D eigenvalue weighted by molar-refractivity contribution is 5.85. The number of hydrogen-bond donors (Lipinski definition) is 3. The zero-order valence-electron chi connectivity index (χ0n) is 21.6. The van der Waals surface area contributed by atoms with Crippen molar-refractivity contribution in [3.05, 3.63) is 58.8 Å². The van der Waals surface area contributed by atoms with Crippen molar-refractivity contribution in [3.8, 4) is 0 Å². The molecule has 202 valence electrons. The molecule has 1 saturated heterocycles. The minimum absolute atomic E-state index is 0.157. The number of allylic oxidation sites excluding steroid dienone is 3. The normalized spacial score (nSPS) is 40.2. The lowest BCUT2D eigenvalue weighted by molar-refractivity contribution is -0.170. The first kappa shape index (κ1) is 24.6. The van der Waals surface area contributed by atoms with Crippen LogP contribution in [0.25, 0.3) is 16.5 Å². The number of aromatic amines is 1. The molecule has 7 rings (SSSR count). The lowest BCUT2D eigenvalue weighted by Crippen LogP contribution is -2.62. The third-order valence-electron chi connectivity index (χ3n) is 10.3. The van der Waals surface area contributed by atoms with Crippen molar-refractivity contribution in [2.75, 3.05) is 14.1 Å². The van der Waals surface area contributed by atoms with Gasteiger partial charge in [-0.05, 0) is 80.6 Å². The number of rotatable bonds is 2. The third-order valence-corrected chi connectivity index (χ3v) is 10.3. The van der Waals surface area contributed by atoms with Crippen molar-refractivity contribution in [2.24, 2.45) is 11.3 Å². The van der Waals surface area contributed by atoms with Gasteiger partial charge in [0.15, 0.2) is 0 Å². The maximum Gasteiger partial charge on any atom is 0.413 e. The number of nitrogens with one attached hydrogen (secondary N) is 1. The van der Waals surface area contributed by atoms with Gasteiger partial charge in [-0.1, -0.05) is 25.1 Å². The number of benzene rings is 1.